The third kappa shape index (κ3) is 4.71. The monoisotopic (exact) mass is 493 g/mol. The van der Waals surface area contributed by atoms with Gasteiger partial charge in [0.05, 0.1) is 32.3 Å². The minimum absolute atomic E-state index is 0.0404. The number of carbonyl (C=O) groups is 2. The van der Waals surface area contributed by atoms with Crippen LogP contribution < -0.4 is 4.74 Å². The number of aliphatic hydroxyl groups is 2. The molecule has 3 atom stereocenters. The van der Waals surface area contributed by atoms with E-state index in [-0.39, 0.29) is 36.7 Å². The van der Waals surface area contributed by atoms with Crippen LogP contribution in [0.5, 0.6) is 5.75 Å². The molecule has 2 aromatic rings. The van der Waals surface area contributed by atoms with Crippen molar-refractivity contribution < 1.29 is 29.3 Å². The Morgan fingerprint density at radius 2 is 2.09 bits per heavy atom. The molecule has 2 aliphatic heterocycles. The maximum Gasteiger partial charge on any atom is 0.356 e. The highest BCUT2D eigenvalue weighted by Crippen LogP contribution is 2.51. The fourth-order valence-electron chi connectivity index (χ4n) is 3.55. The van der Waals surface area contributed by atoms with Crippen LogP contribution in [0.4, 0.5) is 0 Å². The summed E-state index contributed by atoms with van der Waals surface area (Å²) in [6, 6.07) is 7.13. The summed E-state index contributed by atoms with van der Waals surface area (Å²) in [5, 5.41) is 30.7. The van der Waals surface area contributed by atoms with Gasteiger partial charge in [-0.1, -0.05) is 23.9 Å². The molecule has 4 rings (SSSR count). The molecule has 1 fully saturated rings. The Bertz CT molecular complexity index is 1060. The normalized spacial score (nSPS) is 20.5. The average molecular weight is 494 g/mol. The molecule has 33 heavy (non-hydrogen) atoms. The van der Waals surface area contributed by atoms with Crippen LogP contribution in [-0.4, -0.2) is 78.1 Å². The van der Waals surface area contributed by atoms with Gasteiger partial charge in [0, 0.05) is 10.7 Å². The van der Waals surface area contributed by atoms with E-state index in [9.17, 15) is 14.7 Å². The molecule has 1 saturated heterocycles. The van der Waals surface area contributed by atoms with Crippen LogP contribution in [0.25, 0.3) is 0 Å². The average Bonchev–Trinajstić information content (AvgIpc) is 3.38. The highest BCUT2D eigenvalue weighted by Gasteiger charge is 2.57. The molecule has 176 valence electrons. The van der Waals surface area contributed by atoms with E-state index in [4.69, 9.17) is 14.6 Å². The molecule has 1 aromatic heterocycles. The lowest BCUT2D eigenvalue weighted by Crippen LogP contribution is -2.60. The van der Waals surface area contributed by atoms with E-state index in [1.54, 1.807) is 38.3 Å². The van der Waals surface area contributed by atoms with Gasteiger partial charge in [0.1, 0.15) is 23.4 Å². The van der Waals surface area contributed by atoms with Crippen LogP contribution in [-0.2, 0) is 27.5 Å². The summed E-state index contributed by atoms with van der Waals surface area (Å²) in [4.78, 5) is 27.8. The molecule has 0 aliphatic carbocycles. The van der Waals surface area contributed by atoms with Crippen molar-refractivity contribution in [2.24, 2.45) is 5.92 Å². The van der Waals surface area contributed by atoms with Crippen molar-refractivity contribution in [2.75, 3.05) is 19.5 Å². The smallest absolute Gasteiger partial charge is 0.356 e. The maximum absolute atomic E-state index is 13.0. The Kier molecular flexibility index (Phi) is 7.22. The number of ether oxygens (including phenoxy) is 2. The van der Waals surface area contributed by atoms with Crippen LogP contribution in [0.2, 0.25) is 0 Å². The van der Waals surface area contributed by atoms with Gasteiger partial charge in [-0.25, -0.2) is 9.48 Å². The summed E-state index contributed by atoms with van der Waals surface area (Å²) in [6.45, 7) is 1.74. The number of aromatic nitrogens is 4. The molecule has 1 amide bonds. The van der Waals surface area contributed by atoms with Crippen molar-refractivity contribution in [3.63, 3.8) is 0 Å². The van der Waals surface area contributed by atoms with E-state index in [0.29, 0.717) is 21.6 Å². The van der Waals surface area contributed by atoms with Gasteiger partial charge in [0.15, 0.2) is 0 Å². The molecule has 11 nitrogen and oxygen atoms in total. The lowest BCUT2D eigenvalue weighted by Gasteiger charge is -2.43. The van der Waals surface area contributed by atoms with Crippen LogP contribution in [0, 0.1) is 5.92 Å². The van der Waals surface area contributed by atoms with Crippen molar-refractivity contribution in [1.82, 2.24) is 25.1 Å². The molecular formula is C20H23N5O6S2. The first-order valence-corrected chi connectivity index (χ1v) is 12.0. The number of rotatable bonds is 10. The largest absolute Gasteiger partial charge is 0.497 e. The number of fused-ring (bicyclic) bond motifs is 1. The van der Waals surface area contributed by atoms with Gasteiger partial charge in [-0.3, -0.25) is 9.69 Å². The number of tetrazole rings is 1. The van der Waals surface area contributed by atoms with Gasteiger partial charge in [0.25, 0.3) is 0 Å². The Morgan fingerprint density at radius 1 is 1.33 bits per heavy atom. The number of hydrogen-bond donors (Lipinski definition) is 2. The Balaban J connectivity index is 1.51. The van der Waals surface area contributed by atoms with Crippen LogP contribution in [0.15, 0.2) is 40.0 Å². The summed E-state index contributed by atoms with van der Waals surface area (Å²) in [7, 11) is 1.57. The molecular weight excluding hydrogens is 470 g/mol. The number of methoxy groups -OCH3 is 1. The second kappa shape index (κ2) is 10.1. The van der Waals surface area contributed by atoms with E-state index in [1.807, 2.05) is 0 Å². The van der Waals surface area contributed by atoms with Crippen molar-refractivity contribution in [2.45, 2.75) is 36.7 Å². The molecule has 0 spiro atoms. The fraction of sp³-hybridized carbons (Fsp3) is 0.450. The lowest BCUT2D eigenvalue weighted by molar-refractivity contribution is -0.158. The number of aliphatic hydroxyl groups excluding tert-OH is 2. The van der Waals surface area contributed by atoms with E-state index in [1.165, 1.54) is 33.1 Å². The highest BCUT2D eigenvalue weighted by atomic mass is 32.2. The molecule has 3 heterocycles. The zero-order valence-corrected chi connectivity index (χ0v) is 19.6. The molecule has 2 N–H and O–H groups in total. The van der Waals surface area contributed by atoms with Gasteiger partial charge in [-0.05, 0) is 35.0 Å². The van der Waals surface area contributed by atoms with Crippen molar-refractivity contribution in [1.29, 1.82) is 0 Å². The minimum Gasteiger partial charge on any atom is -0.497 e. The van der Waals surface area contributed by atoms with Crippen LogP contribution >= 0.6 is 23.5 Å². The number of hydrogen-bond acceptors (Lipinski definition) is 11. The first-order chi connectivity index (χ1) is 15.9. The zero-order chi connectivity index (χ0) is 23.5. The topological polar surface area (TPSA) is 140 Å². The number of β-lactam (4-membered cyclic amide) rings is 1. The van der Waals surface area contributed by atoms with Crippen molar-refractivity contribution in [3.05, 3.63) is 40.4 Å². The number of carbonyl (C=O) groups excluding carboxylic acids is 2. The number of amides is 1. The van der Waals surface area contributed by atoms with E-state index < -0.39 is 18.0 Å². The molecule has 13 heteroatoms. The van der Waals surface area contributed by atoms with E-state index >= 15 is 0 Å². The summed E-state index contributed by atoms with van der Waals surface area (Å²) in [5.41, 5.74) is 0.969. The number of thioether (sulfide) groups is 2. The molecule has 0 radical (unpaired) electrons. The van der Waals surface area contributed by atoms with Crippen LogP contribution in [0.1, 0.15) is 12.5 Å². The molecule has 1 aromatic carbocycles. The Morgan fingerprint density at radius 3 is 2.76 bits per heavy atom. The fourth-order valence-corrected chi connectivity index (χ4v) is 6.16. The van der Waals surface area contributed by atoms with Crippen molar-refractivity contribution in [3.8, 4) is 5.75 Å². The second-order valence-electron chi connectivity index (χ2n) is 7.38. The summed E-state index contributed by atoms with van der Waals surface area (Å²) in [6.07, 6.45) is -0.827. The number of benzene rings is 1. The predicted molar refractivity (Wildman–Crippen MR) is 119 cm³/mol. The lowest BCUT2D eigenvalue weighted by atomic mass is 9.92. The number of nitrogens with zero attached hydrogens (tertiary/aromatic N) is 5. The minimum atomic E-state index is -0.827. The Labute approximate surface area is 198 Å². The standard InChI is InChI=1S/C20H23N5O6S2/c1-11(27)15-17(28)25-16(19(29)31-9-12-3-5-13(30-2)6-4-12)14(33-18(15)25)10-32-20-21-22-23-24(20)7-8-26/h3-6,11,15,18,26-27H,7-10H2,1-2H3/t11-,15?,18-/m1/s1. The van der Waals surface area contributed by atoms with Gasteiger partial charge in [-0.15, -0.1) is 16.9 Å². The van der Waals surface area contributed by atoms with E-state index in [0.717, 1.165) is 5.56 Å². The first-order valence-electron chi connectivity index (χ1n) is 10.2. The van der Waals surface area contributed by atoms with Gasteiger partial charge < -0.3 is 19.7 Å². The van der Waals surface area contributed by atoms with Crippen molar-refractivity contribution >= 4 is 35.4 Å². The van der Waals surface area contributed by atoms with Gasteiger partial charge in [0.2, 0.25) is 11.1 Å². The summed E-state index contributed by atoms with van der Waals surface area (Å²) < 4.78 is 12.1. The molecule has 1 unspecified atom stereocenters. The second-order valence-corrected chi connectivity index (χ2v) is 9.53. The predicted octanol–water partition coefficient (Wildman–Crippen LogP) is 0.633. The summed E-state index contributed by atoms with van der Waals surface area (Å²) in [5.74, 6) is -0.466. The van der Waals surface area contributed by atoms with E-state index in [2.05, 4.69) is 15.5 Å². The van der Waals surface area contributed by atoms with Crippen LogP contribution in [0.3, 0.4) is 0 Å². The maximum atomic E-state index is 13.0. The zero-order valence-electron chi connectivity index (χ0n) is 17.9. The first kappa shape index (κ1) is 23.5. The third-order valence-corrected chi connectivity index (χ3v) is 7.77. The quantitative estimate of drug-likeness (QED) is 0.274. The molecule has 2 aliphatic rings. The third-order valence-electron chi connectivity index (χ3n) is 5.24. The highest BCUT2D eigenvalue weighted by molar-refractivity contribution is 8.06. The Hall–Kier alpha value is -2.61. The molecule has 0 saturated carbocycles. The van der Waals surface area contributed by atoms with Gasteiger partial charge in [-0.2, -0.15) is 0 Å². The summed E-state index contributed by atoms with van der Waals surface area (Å²) >= 11 is 2.65. The molecule has 0 bridgehead atoms. The SMILES string of the molecule is COc1ccc(COC(=O)C2=C(CSc3nnnn3CCO)S[C@@H]3C([C@@H](C)O)C(=O)N23)cc1. The van der Waals surface area contributed by atoms with Gasteiger partial charge >= 0.3 is 5.97 Å². The number of esters is 1.